The fourth-order valence-electron chi connectivity index (χ4n) is 1.97. The molecule has 25 heavy (non-hydrogen) atoms. The van der Waals surface area contributed by atoms with Crippen molar-refractivity contribution in [1.82, 2.24) is 0 Å². The molecule has 0 fully saturated rings. The third kappa shape index (κ3) is 4.65. The minimum atomic E-state index is -0.691. The molecule has 0 saturated carbocycles. The summed E-state index contributed by atoms with van der Waals surface area (Å²) in [6, 6.07) is 12.7. The molecule has 0 unspecified atom stereocenters. The van der Waals surface area contributed by atoms with Crippen molar-refractivity contribution in [2.45, 2.75) is 0 Å². The first kappa shape index (κ1) is 18.2. The van der Waals surface area contributed by atoms with Gasteiger partial charge in [-0.1, -0.05) is 28.1 Å². The Bertz CT molecular complexity index is 886. The van der Waals surface area contributed by atoms with Crippen molar-refractivity contribution >= 4 is 39.3 Å². The van der Waals surface area contributed by atoms with Crippen LogP contribution in [0.2, 0.25) is 0 Å². The zero-order chi connectivity index (χ0) is 18.4. The van der Waals surface area contributed by atoms with Gasteiger partial charge in [-0.2, -0.15) is 5.26 Å². The van der Waals surface area contributed by atoms with Gasteiger partial charge in [-0.3, -0.25) is 14.9 Å². The maximum atomic E-state index is 12.3. The van der Waals surface area contributed by atoms with Crippen LogP contribution < -0.4 is 10.1 Å². The first-order chi connectivity index (χ1) is 11.9. The second kappa shape index (κ2) is 8.08. The molecule has 2 rings (SSSR count). The van der Waals surface area contributed by atoms with Gasteiger partial charge in [-0.15, -0.1) is 0 Å². The van der Waals surface area contributed by atoms with E-state index in [0.29, 0.717) is 5.56 Å². The number of nitrogens with one attached hydrogen (secondary N) is 1. The molecule has 2 aromatic carbocycles. The molecular formula is C17H12BrN3O4. The van der Waals surface area contributed by atoms with Crippen LogP contribution in [-0.4, -0.2) is 17.9 Å². The quantitative estimate of drug-likeness (QED) is 0.353. The molecule has 0 saturated heterocycles. The summed E-state index contributed by atoms with van der Waals surface area (Å²) in [5, 5.41) is 22.6. The van der Waals surface area contributed by atoms with E-state index in [1.165, 1.54) is 31.4 Å². The largest absolute Gasteiger partial charge is 0.495 e. The molecular weight excluding hydrogens is 390 g/mol. The van der Waals surface area contributed by atoms with Gasteiger partial charge >= 0.3 is 0 Å². The minimum absolute atomic E-state index is 0.110. The average molecular weight is 402 g/mol. The number of nitro groups is 1. The van der Waals surface area contributed by atoms with Crippen LogP contribution in [0.25, 0.3) is 6.08 Å². The standard InChI is InChI=1S/C17H12BrN3O4/c1-25-16-7-6-14(21(23)24)9-15(16)20-17(22)12(10-19)8-11-2-4-13(18)5-3-11/h2-9H,1H3,(H,20,22)/b12-8+. The zero-order valence-electron chi connectivity index (χ0n) is 13.0. The maximum absolute atomic E-state index is 12.3. The third-order valence-corrected chi connectivity index (χ3v) is 3.72. The molecule has 0 radical (unpaired) electrons. The number of ether oxygens (including phenoxy) is 1. The first-order valence-corrected chi connectivity index (χ1v) is 7.75. The number of carbonyl (C=O) groups is 1. The van der Waals surface area contributed by atoms with E-state index >= 15 is 0 Å². The number of nitro benzene ring substituents is 1. The smallest absolute Gasteiger partial charge is 0.271 e. The number of non-ortho nitro benzene ring substituents is 1. The number of rotatable bonds is 5. The summed E-state index contributed by atoms with van der Waals surface area (Å²) >= 11 is 3.30. The minimum Gasteiger partial charge on any atom is -0.495 e. The molecule has 7 nitrogen and oxygen atoms in total. The Balaban J connectivity index is 2.31. The predicted octanol–water partition coefficient (Wildman–Crippen LogP) is 3.91. The summed E-state index contributed by atoms with van der Waals surface area (Å²) in [4.78, 5) is 22.6. The van der Waals surface area contributed by atoms with Gasteiger partial charge in [0, 0.05) is 16.6 Å². The van der Waals surface area contributed by atoms with Crippen LogP contribution in [0, 0.1) is 21.4 Å². The summed E-state index contributed by atoms with van der Waals surface area (Å²) in [6.07, 6.45) is 1.42. The van der Waals surface area contributed by atoms with Crippen LogP contribution in [0.5, 0.6) is 5.75 Å². The molecule has 0 bridgehead atoms. The molecule has 0 aliphatic heterocycles. The van der Waals surface area contributed by atoms with Crippen molar-refractivity contribution in [2.75, 3.05) is 12.4 Å². The third-order valence-electron chi connectivity index (χ3n) is 3.19. The molecule has 0 atom stereocenters. The molecule has 1 N–H and O–H groups in total. The summed E-state index contributed by atoms with van der Waals surface area (Å²) in [5.74, 6) is -0.441. The Hall–Kier alpha value is -3.18. The fraction of sp³-hybridized carbons (Fsp3) is 0.0588. The van der Waals surface area contributed by atoms with E-state index in [9.17, 15) is 20.2 Å². The van der Waals surface area contributed by atoms with E-state index < -0.39 is 10.8 Å². The van der Waals surface area contributed by atoms with Gasteiger partial charge in [-0.05, 0) is 29.8 Å². The normalized spacial score (nSPS) is 10.7. The number of hydrogen-bond donors (Lipinski definition) is 1. The highest BCUT2D eigenvalue weighted by Gasteiger charge is 2.16. The van der Waals surface area contributed by atoms with Crippen molar-refractivity contribution in [3.8, 4) is 11.8 Å². The number of amides is 1. The number of nitrogens with zero attached hydrogens (tertiary/aromatic N) is 2. The van der Waals surface area contributed by atoms with Crippen molar-refractivity contribution in [3.63, 3.8) is 0 Å². The predicted molar refractivity (Wildman–Crippen MR) is 96.0 cm³/mol. The lowest BCUT2D eigenvalue weighted by Gasteiger charge is -2.09. The lowest BCUT2D eigenvalue weighted by atomic mass is 10.1. The van der Waals surface area contributed by atoms with Gasteiger partial charge in [0.2, 0.25) is 0 Å². The van der Waals surface area contributed by atoms with Crippen LogP contribution >= 0.6 is 15.9 Å². The molecule has 0 aliphatic carbocycles. The van der Waals surface area contributed by atoms with Crippen LogP contribution in [-0.2, 0) is 4.79 Å². The van der Waals surface area contributed by atoms with Crippen molar-refractivity contribution in [1.29, 1.82) is 5.26 Å². The van der Waals surface area contributed by atoms with E-state index in [0.717, 1.165) is 4.47 Å². The Labute approximate surface area is 151 Å². The van der Waals surface area contributed by atoms with Gasteiger partial charge in [-0.25, -0.2) is 0 Å². The molecule has 1 amide bonds. The summed E-state index contributed by atoms with van der Waals surface area (Å²) < 4.78 is 5.95. The highest BCUT2D eigenvalue weighted by atomic mass is 79.9. The molecule has 0 spiro atoms. The van der Waals surface area contributed by atoms with Gasteiger partial charge in [0.15, 0.2) is 0 Å². The van der Waals surface area contributed by atoms with Gasteiger partial charge in [0.1, 0.15) is 17.4 Å². The number of halogens is 1. The SMILES string of the molecule is COc1ccc([N+](=O)[O-])cc1NC(=O)/C(C#N)=C/c1ccc(Br)cc1. The Morgan fingerprint density at radius 2 is 2.00 bits per heavy atom. The molecule has 0 heterocycles. The topological polar surface area (TPSA) is 105 Å². The van der Waals surface area contributed by atoms with Crippen LogP contribution in [0.3, 0.4) is 0 Å². The Morgan fingerprint density at radius 1 is 1.32 bits per heavy atom. The Kier molecular flexibility index (Phi) is 5.87. The highest BCUT2D eigenvalue weighted by molar-refractivity contribution is 9.10. The average Bonchev–Trinajstić information content (AvgIpc) is 2.60. The molecule has 8 heteroatoms. The second-order valence-electron chi connectivity index (χ2n) is 4.82. The van der Waals surface area contributed by atoms with E-state index in [1.807, 2.05) is 6.07 Å². The Morgan fingerprint density at radius 3 is 2.56 bits per heavy atom. The number of methoxy groups -OCH3 is 1. The van der Waals surface area contributed by atoms with E-state index in [1.54, 1.807) is 24.3 Å². The number of hydrogen-bond acceptors (Lipinski definition) is 5. The van der Waals surface area contributed by atoms with Crippen molar-refractivity contribution in [3.05, 3.63) is 68.2 Å². The highest BCUT2D eigenvalue weighted by Crippen LogP contribution is 2.29. The lowest BCUT2D eigenvalue weighted by molar-refractivity contribution is -0.384. The van der Waals surface area contributed by atoms with Gasteiger partial charge in [0.05, 0.1) is 17.7 Å². The maximum Gasteiger partial charge on any atom is 0.271 e. The molecule has 2 aromatic rings. The lowest BCUT2D eigenvalue weighted by Crippen LogP contribution is -2.14. The van der Waals surface area contributed by atoms with Crippen molar-refractivity contribution < 1.29 is 14.5 Å². The van der Waals surface area contributed by atoms with E-state index in [-0.39, 0.29) is 22.7 Å². The van der Waals surface area contributed by atoms with Crippen LogP contribution in [0.1, 0.15) is 5.56 Å². The number of nitriles is 1. The van der Waals surface area contributed by atoms with E-state index in [4.69, 9.17) is 4.74 Å². The first-order valence-electron chi connectivity index (χ1n) is 6.95. The summed E-state index contributed by atoms with van der Waals surface area (Å²) in [5.41, 5.74) is 0.432. The summed E-state index contributed by atoms with van der Waals surface area (Å²) in [6.45, 7) is 0. The van der Waals surface area contributed by atoms with Gasteiger partial charge in [0.25, 0.3) is 11.6 Å². The summed E-state index contributed by atoms with van der Waals surface area (Å²) in [7, 11) is 1.37. The number of anilines is 1. The van der Waals surface area contributed by atoms with Gasteiger partial charge < -0.3 is 10.1 Å². The number of carbonyl (C=O) groups excluding carboxylic acids is 1. The molecule has 126 valence electrons. The van der Waals surface area contributed by atoms with Crippen LogP contribution in [0.4, 0.5) is 11.4 Å². The monoisotopic (exact) mass is 401 g/mol. The zero-order valence-corrected chi connectivity index (χ0v) is 14.6. The van der Waals surface area contributed by atoms with E-state index in [2.05, 4.69) is 21.2 Å². The molecule has 0 aromatic heterocycles. The van der Waals surface area contributed by atoms with Crippen LogP contribution in [0.15, 0.2) is 52.5 Å². The van der Waals surface area contributed by atoms with Crippen molar-refractivity contribution in [2.24, 2.45) is 0 Å². The fourth-order valence-corrected chi connectivity index (χ4v) is 2.24. The molecule has 0 aliphatic rings. The second-order valence-corrected chi connectivity index (χ2v) is 5.73. The number of benzene rings is 2.